The van der Waals surface area contributed by atoms with Gasteiger partial charge in [-0.1, -0.05) is 41.4 Å². The zero-order valence-corrected chi connectivity index (χ0v) is 19.2. The van der Waals surface area contributed by atoms with Gasteiger partial charge in [0.25, 0.3) is 0 Å². The quantitative estimate of drug-likeness (QED) is 0.482. The Morgan fingerprint density at radius 3 is 2.46 bits per heavy atom. The van der Waals surface area contributed by atoms with Crippen molar-refractivity contribution in [3.05, 3.63) is 60.7 Å². The van der Waals surface area contributed by atoms with Crippen molar-refractivity contribution in [3.63, 3.8) is 0 Å². The van der Waals surface area contributed by atoms with Crippen LogP contribution in [0.1, 0.15) is 55.0 Å². The largest absolute Gasteiger partial charge is 0.317 e. The van der Waals surface area contributed by atoms with E-state index in [9.17, 15) is 0 Å². The molecule has 0 spiro atoms. The smallest absolute Gasteiger partial charge is 0.0514 e. The van der Waals surface area contributed by atoms with Crippen LogP contribution in [-0.4, -0.2) is 18.1 Å². The van der Waals surface area contributed by atoms with E-state index in [1.165, 1.54) is 35.2 Å². The monoisotopic (exact) mass is 498 g/mol. The standard InChI is InChI=1S/C19H19Br2ClN2.C2H6/c20-14-7-13-2-1-12-8-15(22)9-16(21)17(12)18(19(13)24-10-14)11-3-5-23-6-4-11;1-2/h7-11,18,23H,1-6H2;1-2H3. The topological polar surface area (TPSA) is 24.9 Å². The molecule has 2 aliphatic rings. The van der Waals surface area contributed by atoms with Crippen LogP contribution < -0.4 is 5.32 Å². The lowest BCUT2D eigenvalue weighted by Crippen LogP contribution is -2.32. The molecule has 2 heterocycles. The van der Waals surface area contributed by atoms with Gasteiger partial charge in [0.1, 0.15) is 0 Å². The second kappa shape index (κ2) is 9.18. The summed E-state index contributed by atoms with van der Waals surface area (Å²) in [5.74, 6) is 0.965. The van der Waals surface area contributed by atoms with Crippen LogP contribution in [-0.2, 0) is 12.8 Å². The number of fused-ring (bicyclic) bond motifs is 2. The minimum absolute atomic E-state index is 0.347. The number of aryl methyl sites for hydroxylation is 2. The molecule has 1 fully saturated rings. The molecule has 0 amide bonds. The highest BCUT2D eigenvalue weighted by molar-refractivity contribution is 9.10. The number of halogens is 3. The van der Waals surface area contributed by atoms with Crippen LogP contribution in [0.3, 0.4) is 0 Å². The molecule has 2 aromatic rings. The average molecular weight is 501 g/mol. The molecule has 4 rings (SSSR count). The molecule has 1 unspecified atom stereocenters. The Hall–Kier alpha value is -0.420. The van der Waals surface area contributed by atoms with Gasteiger partial charge < -0.3 is 5.32 Å². The minimum Gasteiger partial charge on any atom is -0.317 e. The molecule has 1 aromatic carbocycles. The van der Waals surface area contributed by atoms with Gasteiger partial charge in [0.15, 0.2) is 0 Å². The number of rotatable bonds is 1. The fourth-order valence-corrected chi connectivity index (χ4v) is 5.71. The molecule has 0 radical (unpaired) electrons. The van der Waals surface area contributed by atoms with E-state index < -0.39 is 0 Å². The van der Waals surface area contributed by atoms with Gasteiger partial charge in [0.2, 0.25) is 0 Å². The lowest BCUT2D eigenvalue weighted by molar-refractivity contribution is 0.338. The van der Waals surface area contributed by atoms with Crippen molar-refractivity contribution in [2.45, 2.75) is 45.4 Å². The summed E-state index contributed by atoms with van der Waals surface area (Å²) < 4.78 is 2.19. The third-order valence-corrected chi connectivity index (χ3v) is 6.58. The summed E-state index contributed by atoms with van der Waals surface area (Å²) >= 11 is 13.7. The van der Waals surface area contributed by atoms with Crippen LogP contribution in [0.25, 0.3) is 0 Å². The number of piperidine rings is 1. The fraction of sp³-hybridized carbons (Fsp3) is 0.476. The Labute approximate surface area is 178 Å². The normalized spacial score (nSPS) is 19.7. The molecule has 1 saturated heterocycles. The maximum absolute atomic E-state index is 6.34. The van der Waals surface area contributed by atoms with Crippen LogP contribution in [0.5, 0.6) is 0 Å². The van der Waals surface area contributed by atoms with Gasteiger partial charge in [-0.15, -0.1) is 0 Å². The van der Waals surface area contributed by atoms with Crippen molar-refractivity contribution in [1.29, 1.82) is 0 Å². The van der Waals surface area contributed by atoms with E-state index >= 15 is 0 Å². The van der Waals surface area contributed by atoms with Gasteiger partial charge in [-0.3, -0.25) is 4.98 Å². The SMILES string of the molecule is CC.Clc1cc(Br)c2c(c1)CCc1cc(Br)cnc1C2C1CCNCC1. The molecule has 1 N–H and O–H groups in total. The second-order valence-corrected chi connectivity index (χ2v) is 8.93. The van der Waals surface area contributed by atoms with Gasteiger partial charge in [-0.2, -0.15) is 0 Å². The lowest BCUT2D eigenvalue weighted by Gasteiger charge is -2.32. The molecule has 5 heteroatoms. The van der Waals surface area contributed by atoms with E-state index in [0.717, 1.165) is 39.9 Å². The van der Waals surface area contributed by atoms with Gasteiger partial charge in [0, 0.05) is 26.1 Å². The van der Waals surface area contributed by atoms with Crippen molar-refractivity contribution < 1.29 is 0 Å². The van der Waals surface area contributed by atoms with Crippen molar-refractivity contribution in [1.82, 2.24) is 10.3 Å². The number of nitrogens with zero attached hydrogens (tertiary/aromatic N) is 1. The Morgan fingerprint density at radius 2 is 1.73 bits per heavy atom. The predicted molar refractivity (Wildman–Crippen MR) is 117 cm³/mol. The maximum Gasteiger partial charge on any atom is 0.0514 e. The van der Waals surface area contributed by atoms with E-state index in [0.29, 0.717) is 11.8 Å². The number of pyridine rings is 1. The highest BCUT2D eigenvalue weighted by atomic mass is 79.9. The zero-order valence-electron chi connectivity index (χ0n) is 15.3. The van der Waals surface area contributed by atoms with Crippen molar-refractivity contribution in [2.24, 2.45) is 5.92 Å². The van der Waals surface area contributed by atoms with Crippen molar-refractivity contribution in [3.8, 4) is 0 Å². The molecule has 2 nitrogen and oxygen atoms in total. The van der Waals surface area contributed by atoms with Crippen LogP contribution in [0.4, 0.5) is 0 Å². The van der Waals surface area contributed by atoms with Gasteiger partial charge in [-0.05, 0) is 95.5 Å². The van der Waals surface area contributed by atoms with Gasteiger partial charge in [0.05, 0.1) is 5.69 Å². The van der Waals surface area contributed by atoms with Crippen molar-refractivity contribution >= 4 is 43.5 Å². The second-order valence-electron chi connectivity index (χ2n) is 6.72. The van der Waals surface area contributed by atoms with Gasteiger partial charge in [-0.25, -0.2) is 0 Å². The first kappa shape index (κ1) is 20.3. The van der Waals surface area contributed by atoms with Gasteiger partial charge >= 0.3 is 0 Å². The number of benzene rings is 1. The van der Waals surface area contributed by atoms with E-state index in [1.54, 1.807) is 0 Å². The molecule has 1 aliphatic heterocycles. The van der Waals surface area contributed by atoms with E-state index in [1.807, 2.05) is 26.1 Å². The number of hydrogen-bond acceptors (Lipinski definition) is 2. The van der Waals surface area contributed by atoms with E-state index in [4.69, 9.17) is 16.6 Å². The molecular weight excluding hydrogens is 476 g/mol. The fourth-order valence-electron chi connectivity index (χ4n) is 4.21. The molecule has 1 atom stereocenters. The first-order valence-electron chi connectivity index (χ1n) is 9.46. The number of nitrogens with one attached hydrogen (secondary N) is 1. The maximum atomic E-state index is 6.34. The van der Waals surface area contributed by atoms with Crippen LogP contribution in [0.2, 0.25) is 5.02 Å². The zero-order chi connectivity index (χ0) is 18.7. The summed E-state index contributed by atoms with van der Waals surface area (Å²) in [6.45, 7) is 6.18. The Bertz CT molecular complexity index is 773. The summed E-state index contributed by atoms with van der Waals surface area (Å²) in [6.07, 6.45) is 6.36. The Balaban J connectivity index is 0.000000948. The van der Waals surface area contributed by atoms with Crippen LogP contribution >= 0.6 is 43.5 Å². The van der Waals surface area contributed by atoms with Crippen molar-refractivity contribution in [2.75, 3.05) is 13.1 Å². The minimum atomic E-state index is 0.347. The Kier molecular flexibility index (Phi) is 7.18. The average Bonchev–Trinajstić information content (AvgIpc) is 2.81. The number of hydrogen-bond donors (Lipinski definition) is 1. The summed E-state index contributed by atoms with van der Waals surface area (Å²) in [5, 5.41) is 4.30. The molecular formula is C21H25Br2ClN2. The van der Waals surface area contributed by atoms with Crippen LogP contribution in [0.15, 0.2) is 33.3 Å². The molecule has 140 valence electrons. The molecule has 26 heavy (non-hydrogen) atoms. The Morgan fingerprint density at radius 1 is 1.04 bits per heavy atom. The van der Waals surface area contributed by atoms with E-state index in [-0.39, 0.29) is 0 Å². The number of aromatic nitrogens is 1. The molecule has 0 bridgehead atoms. The molecule has 1 aliphatic carbocycles. The first-order valence-corrected chi connectivity index (χ1v) is 11.4. The molecule has 1 aromatic heterocycles. The molecule has 0 saturated carbocycles. The van der Waals surface area contributed by atoms with E-state index in [2.05, 4.69) is 49.3 Å². The third kappa shape index (κ3) is 4.19. The first-order chi connectivity index (χ1) is 12.6. The lowest BCUT2D eigenvalue weighted by atomic mass is 9.77. The summed E-state index contributed by atoms with van der Waals surface area (Å²) in [5.41, 5.74) is 5.39. The highest BCUT2D eigenvalue weighted by Crippen LogP contribution is 2.45. The predicted octanol–water partition coefficient (Wildman–Crippen LogP) is 6.52. The third-order valence-electron chi connectivity index (χ3n) is 5.27. The summed E-state index contributed by atoms with van der Waals surface area (Å²) in [6, 6.07) is 6.44. The summed E-state index contributed by atoms with van der Waals surface area (Å²) in [7, 11) is 0. The highest BCUT2D eigenvalue weighted by Gasteiger charge is 2.34. The van der Waals surface area contributed by atoms with Crippen LogP contribution in [0, 0.1) is 5.92 Å². The summed E-state index contributed by atoms with van der Waals surface area (Å²) in [4.78, 5) is 4.88.